The summed E-state index contributed by atoms with van der Waals surface area (Å²) in [6, 6.07) is 4.28. The van der Waals surface area contributed by atoms with Gasteiger partial charge in [0.2, 0.25) is 10.0 Å². The van der Waals surface area contributed by atoms with Crippen LogP contribution in [0.4, 0.5) is 5.69 Å². The van der Waals surface area contributed by atoms with Gasteiger partial charge >= 0.3 is 5.97 Å². The zero-order chi connectivity index (χ0) is 15.2. The fraction of sp³-hybridized carbons (Fsp3) is 0.462. The molecule has 0 spiro atoms. The Bertz CT molecular complexity index is 572. The summed E-state index contributed by atoms with van der Waals surface area (Å²) >= 11 is 5.53. The molecular weight excluding hydrogens is 302 g/mol. The van der Waals surface area contributed by atoms with Crippen LogP contribution in [0.3, 0.4) is 0 Å². The number of aromatic carboxylic acids is 1. The van der Waals surface area contributed by atoms with Gasteiger partial charge in [0, 0.05) is 5.88 Å². The molecule has 0 heterocycles. The molecule has 0 radical (unpaired) electrons. The Balaban J connectivity index is 2.70. The Hall–Kier alpha value is -1.27. The largest absolute Gasteiger partial charge is 0.478 e. The Morgan fingerprint density at radius 3 is 2.55 bits per heavy atom. The first-order chi connectivity index (χ1) is 9.35. The van der Waals surface area contributed by atoms with E-state index in [0.717, 1.165) is 12.8 Å². The Kier molecular flexibility index (Phi) is 6.29. The van der Waals surface area contributed by atoms with Crippen LogP contribution < -0.4 is 4.72 Å². The predicted molar refractivity (Wildman–Crippen MR) is 80.1 cm³/mol. The van der Waals surface area contributed by atoms with Crippen LogP contribution in [-0.2, 0) is 10.0 Å². The molecule has 1 aromatic carbocycles. The third-order valence-electron chi connectivity index (χ3n) is 2.79. The van der Waals surface area contributed by atoms with Gasteiger partial charge in [-0.2, -0.15) is 0 Å². The van der Waals surface area contributed by atoms with Gasteiger partial charge in [0.25, 0.3) is 0 Å². The van der Waals surface area contributed by atoms with Gasteiger partial charge in [0.05, 0.1) is 17.0 Å². The molecule has 0 atom stereocenters. The highest BCUT2D eigenvalue weighted by Crippen LogP contribution is 2.18. The van der Waals surface area contributed by atoms with Crippen molar-refractivity contribution < 1.29 is 18.3 Å². The fourth-order valence-electron chi connectivity index (χ4n) is 1.69. The van der Waals surface area contributed by atoms with E-state index in [9.17, 15) is 13.2 Å². The van der Waals surface area contributed by atoms with E-state index in [0.29, 0.717) is 23.6 Å². The number of aryl methyl sites for hydroxylation is 1. The van der Waals surface area contributed by atoms with Crippen molar-refractivity contribution in [1.82, 2.24) is 0 Å². The van der Waals surface area contributed by atoms with Gasteiger partial charge in [-0.15, -0.1) is 11.6 Å². The molecule has 2 N–H and O–H groups in total. The summed E-state index contributed by atoms with van der Waals surface area (Å²) in [6.45, 7) is 1.66. The van der Waals surface area contributed by atoms with Crippen molar-refractivity contribution in [2.24, 2.45) is 0 Å². The van der Waals surface area contributed by atoms with Gasteiger partial charge in [-0.3, -0.25) is 4.72 Å². The Morgan fingerprint density at radius 1 is 1.30 bits per heavy atom. The fourth-order valence-corrected chi connectivity index (χ4v) is 3.13. The van der Waals surface area contributed by atoms with Crippen LogP contribution in [0.2, 0.25) is 0 Å². The number of carboxylic acid groups (broad SMARTS) is 1. The number of carbonyl (C=O) groups is 1. The minimum absolute atomic E-state index is 0.0318. The number of sulfonamides is 1. The molecule has 0 aromatic heterocycles. The molecule has 0 aliphatic heterocycles. The van der Waals surface area contributed by atoms with E-state index < -0.39 is 16.0 Å². The molecule has 0 aliphatic carbocycles. The number of alkyl halides is 1. The van der Waals surface area contributed by atoms with Crippen molar-refractivity contribution in [3.63, 3.8) is 0 Å². The lowest BCUT2D eigenvalue weighted by atomic mass is 10.1. The predicted octanol–water partition coefficient (Wildman–Crippen LogP) is 2.84. The monoisotopic (exact) mass is 319 g/mol. The summed E-state index contributed by atoms with van der Waals surface area (Å²) < 4.78 is 26.2. The summed E-state index contributed by atoms with van der Waals surface area (Å²) in [7, 11) is -3.41. The molecule has 0 unspecified atom stereocenters. The van der Waals surface area contributed by atoms with Crippen molar-refractivity contribution in [2.75, 3.05) is 16.4 Å². The lowest BCUT2D eigenvalue weighted by molar-refractivity contribution is 0.0697. The highest BCUT2D eigenvalue weighted by atomic mass is 35.5. The van der Waals surface area contributed by atoms with Crippen molar-refractivity contribution in [2.45, 2.75) is 26.2 Å². The second-order valence-corrected chi connectivity index (χ2v) is 6.73. The van der Waals surface area contributed by atoms with Crippen molar-refractivity contribution >= 4 is 33.3 Å². The second kappa shape index (κ2) is 7.50. The minimum atomic E-state index is -3.41. The van der Waals surface area contributed by atoms with E-state index in [1.54, 1.807) is 6.92 Å². The minimum Gasteiger partial charge on any atom is -0.478 e. The number of unbranched alkanes of at least 4 members (excludes halogenated alkanes) is 2. The van der Waals surface area contributed by atoms with Crippen LogP contribution in [0.5, 0.6) is 0 Å². The smallest absolute Gasteiger partial charge is 0.335 e. The average Bonchev–Trinajstić information content (AvgIpc) is 2.37. The van der Waals surface area contributed by atoms with Crippen LogP contribution in [0.1, 0.15) is 35.2 Å². The molecule has 5 nitrogen and oxygen atoms in total. The zero-order valence-corrected chi connectivity index (χ0v) is 12.8. The molecular formula is C13H18ClNO4S. The van der Waals surface area contributed by atoms with E-state index in [1.165, 1.54) is 18.2 Å². The van der Waals surface area contributed by atoms with E-state index in [-0.39, 0.29) is 11.3 Å². The summed E-state index contributed by atoms with van der Waals surface area (Å²) in [4.78, 5) is 10.8. The number of anilines is 1. The lowest BCUT2D eigenvalue weighted by Gasteiger charge is -2.11. The van der Waals surface area contributed by atoms with Gasteiger partial charge in [-0.05, 0) is 43.5 Å². The van der Waals surface area contributed by atoms with Crippen LogP contribution >= 0.6 is 11.6 Å². The summed E-state index contributed by atoms with van der Waals surface area (Å²) in [5.74, 6) is -0.476. The van der Waals surface area contributed by atoms with E-state index in [4.69, 9.17) is 16.7 Å². The molecule has 112 valence electrons. The number of carboxylic acids is 1. The van der Waals surface area contributed by atoms with Crippen molar-refractivity contribution in [3.05, 3.63) is 29.3 Å². The number of halogens is 1. The van der Waals surface area contributed by atoms with E-state index >= 15 is 0 Å². The maximum Gasteiger partial charge on any atom is 0.335 e. The molecule has 1 rings (SSSR count). The number of hydrogen-bond donors (Lipinski definition) is 2. The summed E-state index contributed by atoms with van der Waals surface area (Å²) in [5, 5.41) is 8.85. The average molecular weight is 320 g/mol. The molecule has 0 amide bonds. The lowest BCUT2D eigenvalue weighted by Crippen LogP contribution is -2.17. The molecule has 0 fully saturated rings. The Morgan fingerprint density at radius 2 is 2.00 bits per heavy atom. The maximum absolute atomic E-state index is 11.9. The van der Waals surface area contributed by atoms with Crippen LogP contribution in [0.25, 0.3) is 0 Å². The quantitative estimate of drug-likeness (QED) is 0.570. The third kappa shape index (κ3) is 5.38. The third-order valence-corrected chi connectivity index (χ3v) is 4.41. The normalized spacial score (nSPS) is 11.3. The standard InChI is InChI=1S/C13H18ClNO4S/c1-10-9-11(13(16)17)5-6-12(10)15-20(18,19)8-4-2-3-7-14/h5-6,9,15H,2-4,7-8H2,1H3,(H,16,17). The van der Waals surface area contributed by atoms with Gasteiger partial charge in [-0.1, -0.05) is 6.42 Å². The molecule has 1 aromatic rings. The first-order valence-electron chi connectivity index (χ1n) is 6.26. The number of benzene rings is 1. The molecule has 0 saturated heterocycles. The molecule has 0 aliphatic rings. The highest BCUT2D eigenvalue weighted by Gasteiger charge is 2.12. The molecule has 20 heavy (non-hydrogen) atoms. The van der Waals surface area contributed by atoms with Gasteiger partial charge in [-0.25, -0.2) is 13.2 Å². The zero-order valence-electron chi connectivity index (χ0n) is 11.2. The molecule has 7 heteroatoms. The summed E-state index contributed by atoms with van der Waals surface area (Å²) in [6.07, 6.45) is 2.11. The van der Waals surface area contributed by atoms with Gasteiger partial charge in [0.15, 0.2) is 0 Å². The van der Waals surface area contributed by atoms with Crippen LogP contribution in [-0.4, -0.2) is 31.1 Å². The SMILES string of the molecule is Cc1cc(C(=O)O)ccc1NS(=O)(=O)CCCCCCl. The molecule has 0 bridgehead atoms. The summed E-state index contributed by atoms with van der Waals surface area (Å²) in [5.41, 5.74) is 1.12. The number of hydrogen-bond acceptors (Lipinski definition) is 3. The Labute approximate surface area is 124 Å². The number of nitrogens with one attached hydrogen (secondary N) is 1. The van der Waals surface area contributed by atoms with Crippen LogP contribution in [0, 0.1) is 6.92 Å². The maximum atomic E-state index is 11.9. The molecule has 0 saturated carbocycles. The van der Waals surface area contributed by atoms with Crippen LogP contribution in [0.15, 0.2) is 18.2 Å². The van der Waals surface area contributed by atoms with Gasteiger partial charge < -0.3 is 5.11 Å². The highest BCUT2D eigenvalue weighted by molar-refractivity contribution is 7.92. The van der Waals surface area contributed by atoms with Crippen molar-refractivity contribution in [3.8, 4) is 0 Å². The first-order valence-corrected chi connectivity index (χ1v) is 8.45. The van der Waals surface area contributed by atoms with E-state index in [1.807, 2.05) is 0 Å². The first kappa shape index (κ1) is 16.8. The van der Waals surface area contributed by atoms with Crippen molar-refractivity contribution in [1.29, 1.82) is 0 Å². The van der Waals surface area contributed by atoms with E-state index in [2.05, 4.69) is 4.72 Å². The number of rotatable bonds is 8. The van der Waals surface area contributed by atoms with Gasteiger partial charge in [0.1, 0.15) is 0 Å². The second-order valence-electron chi connectivity index (χ2n) is 4.51. The topological polar surface area (TPSA) is 83.5 Å².